The molecule has 1 aliphatic rings. The Balaban J connectivity index is 1.93. The van der Waals surface area contributed by atoms with Crippen molar-refractivity contribution in [2.75, 3.05) is 7.11 Å². The number of fused-ring (bicyclic) bond motifs is 1. The molecule has 4 rings (SSSR count). The van der Waals surface area contributed by atoms with Gasteiger partial charge in [-0.3, -0.25) is 0 Å². The second kappa shape index (κ2) is 6.66. The summed E-state index contributed by atoms with van der Waals surface area (Å²) in [5, 5.41) is 9.74. The van der Waals surface area contributed by atoms with E-state index in [4.69, 9.17) is 9.47 Å². The molecule has 1 N–H and O–H groups in total. The van der Waals surface area contributed by atoms with Crippen LogP contribution in [0.3, 0.4) is 0 Å². The number of hydrogen-bond acceptors (Lipinski definition) is 3. The normalized spacial score (nSPS) is 20.4. The van der Waals surface area contributed by atoms with Gasteiger partial charge in [0.15, 0.2) is 0 Å². The molecule has 0 saturated heterocycles. The van der Waals surface area contributed by atoms with Gasteiger partial charge in [-0.1, -0.05) is 48.5 Å². The second-order valence-electron chi connectivity index (χ2n) is 7.57. The molecule has 3 nitrogen and oxygen atoms in total. The van der Waals surface area contributed by atoms with Gasteiger partial charge in [0.1, 0.15) is 22.8 Å². The van der Waals surface area contributed by atoms with Crippen LogP contribution < -0.4 is 9.47 Å². The molecule has 0 aliphatic carbocycles. The second-order valence-corrected chi connectivity index (χ2v) is 7.57. The van der Waals surface area contributed by atoms with E-state index >= 15 is 0 Å². The largest absolute Gasteiger partial charge is 0.508 e. The average molecular weight is 360 g/mol. The van der Waals surface area contributed by atoms with Gasteiger partial charge in [0.2, 0.25) is 0 Å². The van der Waals surface area contributed by atoms with Crippen LogP contribution >= 0.6 is 0 Å². The predicted octanol–water partition coefficient (Wildman–Crippen LogP) is 5.49. The fourth-order valence-corrected chi connectivity index (χ4v) is 4.22. The minimum absolute atomic E-state index is 0.0985. The molecule has 3 aromatic rings. The number of aromatic hydroxyl groups is 1. The molecular weight excluding hydrogens is 336 g/mol. The molecule has 0 unspecified atom stereocenters. The molecule has 3 aromatic carbocycles. The highest BCUT2D eigenvalue weighted by Crippen LogP contribution is 2.53. The van der Waals surface area contributed by atoms with Gasteiger partial charge in [0.25, 0.3) is 0 Å². The Hall–Kier alpha value is -2.94. The fourth-order valence-electron chi connectivity index (χ4n) is 4.22. The molecule has 0 bridgehead atoms. The molecule has 1 aliphatic heterocycles. The van der Waals surface area contributed by atoms with E-state index in [1.54, 1.807) is 19.2 Å². The van der Waals surface area contributed by atoms with Gasteiger partial charge >= 0.3 is 0 Å². The highest BCUT2D eigenvalue weighted by Gasteiger charge is 2.45. The number of phenols is 1. The first kappa shape index (κ1) is 17.5. The third-order valence-electron chi connectivity index (χ3n) is 5.42. The van der Waals surface area contributed by atoms with Crippen molar-refractivity contribution in [3.05, 3.63) is 89.5 Å². The monoisotopic (exact) mass is 360 g/mol. The molecule has 0 radical (unpaired) electrons. The molecule has 138 valence electrons. The van der Waals surface area contributed by atoms with Crippen LogP contribution in [0.4, 0.5) is 0 Å². The van der Waals surface area contributed by atoms with Gasteiger partial charge in [0.05, 0.1) is 7.11 Å². The van der Waals surface area contributed by atoms with E-state index in [0.29, 0.717) is 0 Å². The Morgan fingerprint density at radius 2 is 1.59 bits per heavy atom. The first-order chi connectivity index (χ1) is 13.0. The van der Waals surface area contributed by atoms with Gasteiger partial charge in [-0.2, -0.15) is 0 Å². The topological polar surface area (TPSA) is 38.7 Å². The highest BCUT2D eigenvalue weighted by atomic mass is 16.5. The molecule has 0 saturated carbocycles. The number of phenolic OH excluding ortho intramolecular Hbond substituents is 1. The van der Waals surface area contributed by atoms with Gasteiger partial charge in [0, 0.05) is 23.5 Å². The van der Waals surface area contributed by atoms with E-state index in [2.05, 4.69) is 44.2 Å². The SMILES string of the molecule is COc1ccc2c(c1)OC(C)(C)[C@H](c1ccc(O)cc1)[C@@H]2c1ccccc1. The Bertz CT molecular complexity index is 930. The number of methoxy groups -OCH3 is 1. The Morgan fingerprint density at radius 1 is 0.889 bits per heavy atom. The number of ether oxygens (including phenoxy) is 2. The van der Waals surface area contributed by atoms with Crippen molar-refractivity contribution in [2.24, 2.45) is 0 Å². The first-order valence-electron chi connectivity index (χ1n) is 9.20. The van der Waals surface area contributed by atoms with Crippen LogP contribution in [-0.2, 0) is 0 Å². The highest BCUT2D eigenvalue weighted by molar-refractivity contribution is 5.52. The summed E-state index contributed by atoms with van der Waals surface area (Å²) in [6, 6.07) is 24.1. The van der Waals surface area contributed by atoms with Crippen LogP contribution in [0.25, 0.3) is 0 Å². The van der Waals surface area contributed by atoms with Crippen LogP contribution in [0.1, 0.15) is 42.4 Å². The van der Waals surface area contributed by atoms with Gasteiger partial charge in [-0.25, -0.2) is 0 Å². The number of benzene rings is 3. The zero-order chi connectivity index (χ0) is 19.0. The summed E-state index contributed by atoms with van der Waals surface area (Å²) in [6.45, 7) is 4.26. The summed E-state index contributed by atoms with van der Waals surface area (Å²) in [6.07, 6.45) is 0. The maximum absolute atomic E-state index is 9.74. The standard InChI is InChI=1S/C24H24O3/c1-24(2)23(17-9-11-18(25)12-10-17)22(16-7-5-4-6-8-16)20-14-13-19(26-3)15-21(20)27-24/h4-15,22-23,25H,1-3H3/t22-,23-/m1/s1. The Labute approximate surface area is 160 Å². The Kier molecular flexibility index (Phi) is 4.31. The maximum Gasteiger partial charge on any atom is 0.127 e. The third-order valence-corrected chi connectivity index (χ3v) is 5.42. The van der Waals surface area contributed by atoms with Crippen molar-refractivity contribution in [1.82, 2.24) is 0 Å². The summed E-state index contributed by atoms with van der Waals surface area (Å²) in [5.41, 5.74) is 3.11. The van der Waals surface area contributed by atoms with E-state index in [-0.39, 0.29) is 17.6 Å². The minimum atomic E-state index is -0.434. The van der Waals surface area contributed by atoms with E-state index in [0.717, 1.165) is 22.6 Å². The third kappa shape index (κ3) is 3.14. The molecule has 0 fully saturated rings. The van der Waals surface area contributed by atoms with Gasteiger partial charge < -0.3 is 14.6 Å². The number of hydrogen-bond donors (Lipinski definition) is 1. The molecular formula is C24H24O3. The van der Waals surface area contributed by atoms with Crippen molar-refractivity contribution >= 4 is 0 Å². The lowest BCUT2D eigenvalue weighted by atomic mass is 9.68. The van der Waals surface area contributed by atoms with Crippen LogP contribution in [0.2, 0.25) is 0 Å². The maximum atomic E-state index is 9.74. The van der Waals surface area contributed by atoms with Crippen LogP contribution in [0, 0.1) is 0 Å². The fraction of sp³-hybridized carbons (Fsp3) is 0.250. The summed E-state index contributed by atoms with van der Waals surface area (Å²) < 4.78 is 11.9. The first-order valence-corrected chi connectivity index (χ1v) is 9.20. The Morgan fingerprint density at radius 3 is 2.26 bits per heavy atom. The average Bonchev–Trinajstić information content (AvgIpc) is 2.67. The van der Waals surface area contributed by atoms with Crippen LogP contribution in [0.5, 0.6) is 17.2 Å². The summed E-state index contributed by atoms with van der Waals surface area (Å²) in [4.78, 5) is 0. The van der Waals surface area contributed by atoms with Crippen LogP contribution in [-0.4, -0.2) is 17.8 Å². The lowest BCUT2D eigenvalue weighted by Gasteiger charge is -2.45. The summed E-state index contributed by atoms with van der Waals surface area (Å²) in [7, 11) is 1.67. The zero-order valence-corrected chi connectivity index (χ0v) is 15.8. The zero-order valence-electron chi connectivity index (χ0n) is 15.8. The van der Waals surface area contributed by atoms with Gasteiger partial charge in [-0.05, 0) is 43.2 Å². The van der Waals surface area contributed by atoms with Crippen molar-refractivity contribution < 1.29 is 14.6 Å². The predicted molar refractivity (Wildman–Crippen MR) is 107 cm³/mol. The molecule has 0 aromatic heterocycles. The lowest BCUT2D eigenvalue weighted by molar-refractivity contribution is 0.0528. The molecule has 0 spiro atoms. The van der Waals surface area contributed by atoms with Crippen molar-refractivity contribution in [2.45, 2.75) is 31.3 Å². The van der Waals surface area contributed by atoms with E-state index in [1.807, 2.05) is 30.3 Å². The molecule has 27 heavy (non-hydrogen) atoms. The van der Waals surface area contributed by atoms with Crippen LogP contribution in [0.15, 0.2) is 72.8 Å². The van der Waals surface area contributed by atoms with E-state index in [1.165, 1.54) is 5.56 Å². The smallest absolute Gasteiger partial charge is 0.127 e. The van der Waals surface area contributed by atoms with Gasteiger partial charge in [-0.15, -0.1) is 0 Å². The molecule has 1 heterocycles. The summed E-state index contributed by atoms with van der Waals surface area (Å²) in [5.74, 6) is 2.17. The van der Waals surface area contributed by atoms with E-state index in [9.17, 15) is 5.11 Å². The van der Waals surface area contributed by atoms with Crippen molar-refractivity contribution in [3.63, 3.8) is 0 Å². The lowest BCUT2D eigenvalue weighted by Crippen LogP contribution is -2.43. The van der Waals surface area contributed by atoms with E-state index < -0.39 is 5.60 Å². The molecule has 0 amide bonds. The molecule has 2 atom stereocenters. The minimum Gasteiger partial charge on any atom is -0.508 e. The van der Waals surface area contributed by atoms with Crippen molar-refractivity contribution in [1.29, 1.82) is 0 Å². The number of rotatable bonds is 3. The van der Waals surface area contributed by atoms with Crippen molar-refractivity contribution in [3.8, 4) is 17.2 Å². The molecule has 3 heteroatoms. The summed E-state index contributed by atoms with van der Waals surface area (Å²) >= 11 is 0. The quantitative estimate of drug-likeness (QED) is 0.671.